The lowest BCUT2D eigenvalue weighted by Gasteiger charge is -2.08. The summed E-state index contributed by atoms with van der Waals surface area (Å²) in [5.41, 5.74) is 6.07. The minimum Gasteiger partial charge on any atom is -0.299 e. The van der Waals surface area contributed by atoms with Crippen molar-refractivity contribution < 1.29 is 4.79 Å². The highest BCUT2D eigenvalue weighted by Gasteiger charge is 2.01. The van der Waals surface area contributed by atoms with Crippen molar-refractivity contribution in [3.8, 4) is 0 Å². The number of carbonyl (C=O) groups is 1. The fourth-order valence-electron chi connectivity index (χ4n) is 1.61. The average molecular weight is 214 g/mol. The van der Waals surface area contributed by atoms with E-state index in [0.717, 1.165) is 11.9 Å². The number of aldehydes is 1. The monoisotopic (exact) mass is 214 g/mol. The minimum absolute atomic E-state index is 0.815. The van der Waals surface area contributed by atoms with Gasteiger partial charge in [0.2, 0.25) is 0 Å². The first-order valence-corrected chi connectivity index (χ1v) is 5.43. The highest BCUT2D eigenvalue weighted by Crippen LogP contribution is 2.19. The molecule has 1 heteroatoms. The Kier molecular flexibility index (Phi) is 4.24. The maximum atomic E-state index is 10.3. The van der Waals surface area contributed by atoms with Crippen LogP contribution in [0.1, 0.15) is 29.2 Å². The molecule has 0 spiro atoms. The van der Waals surface area contributed by atoms with Crippen molar-refractivity contribution in [3.05, 3.63) is 52.1 Å². The Hall–Kier alpha value is -1.63. The van der Waals surface area contributed by atoms with Crippen LogP contribution in [-0.2, 0) is 4.79 Å². The van der Waals surface area contributed by atoms with Crippen molar-refractivity contribution in [2.24, 2.45) is 0 Å². The van der Waals surface area contributed by atoms with Crippen LogP contribution in [0.15, 0.2) is 29.9 Å². The summed E-state index contributed by atoms with van der Waals surface area (Å²) in [6.07, 6.45) is 6.43. The Labute approximate surface area is 97.5 Å². The highest BCUT2D eigenvalue weighted by molar-refractivity contribution is 5.69. The third kappa shape index (κ3) is 2.93. The summed E-state index contributed by atoms with van der Waals surface area (Å²) in [6.45, 7) is 8.26. The van der Waals surface area contributed by atoms with Gasteiger partial charge in [-0.05, 0) is 61.6 Å². The molecule has 0 fully saturated rings. The van der Waals surface area contributed by atoms with E-state index < -0.39 is 0 Å². The van der Waals surface area contributed by atoms with E-state index in [1.54, 1.807) is 6.08 Å². The predicted molar refractivity (Wildman–Crippen MR) is 69.5 cm³/mol. The van der Waals surface area contributed by atoms with Crippen molar-refractivity contribution in [1.82, 2.24) is 0 Å². The minimum atomic E-state index is 0.815. The molecular weight excluding hydrogens is 196 g/mol. The Morgan fingerprint density at radius 3 is 2.38 bits per heavy atom. The molecule has 0 bridgehead atoms. The van der Waals surface area contributed by atoms with E-state index in [0.29, 0.717) is 0 Å². The van der Waals surface area contributed by atoms with Crippen LogP contribution in [0.4, 0.5) is 0 Å². The molecule has 1 rings (SSSR count). The third-order valence-corrected chi connectivity index (χ3v) is 2.85. The van der Waals surface area contributed by atoms with Gasteiger partial charge < -0.3 is 0 Å². The van der Waals surface area contributed by atoms with Crippen LogP contribution in [0.25, 0.3) is 6.08 Å². The van der Waals surface area contributed by atoms with Gasteiger partial charge in [-0.25, -0.2) is 0 Å². The number of hydrogen-bond donors (Lipinski definition) is 0. The maximum Gasteiger partial charge on any atom is 0.143 e. The summed E-state index contributed by atoms with van der Waals surface area (Å²) < 4.78 is 0. The second-order valence-electron chi connectivity index (χ2n) is 4.12. The zero-order valence-corrected chi connectivity index (χ0v) is 10.4. The average Bonchev–Trinajstić information content (AvgIpc) is 2.24. The van der Waals surface area contributed by atoms with Crippen LogP contribution in [0.2, 0.25) is 0 Å². The second-order valence-corrected chi connectivity index (χ2v) is 4.12. The summed E-state index contributed by atoms with van der Waals surface area (Å²) in [5, 5.41) is 0. The second kappa shape index (κ2) is 5.45. The Balaban J connectivity index is 3.10. The van der Waals surface area contributed by atoms with E-state index >= 15 is 0 Å². The lowest BCUT2D eigenvalue weighted by Crippen LogP contribution is -1.89. The predicted octanol–water partition coefficient (Wildman–Crippen LogP) is 3.77. The van der Waals surface area contributed by atoms with Gasteiger partial charge in [0.25, 0.3) is 0 Å². The van der Waals surface area contributed by atoms with E-state index in [4.69, 9.17) is 0 Å². The molecule has 0 amide bonds. The summed E-state index contributed by atoms with van der Waals surface area (Å²) in [6, 6.07) is 4.26. The molecule has 0 aliphatic heterocycles. The summed E-state index contributed by atoms with van der Waals surface area (Å²) in [4.78, 5) is 10.3. The maximum absolute atomic E-state index is 10.3. The van der Waals surface area contributed by atoms with Crippen LogP contribution >= 0.6 is 0 Å². The van der Waals surface area contributed by atoms with Gasteiger partial charge in [-0.15, -0.1) is 0 Å². The van der Waals surface area contributed by atoms with Crippen LogP contribution in [0, 0.1) is 20.8 Å². The van der Waals surface area contributed by atoms with E-state index in [-0.39, 0.29) is 0 Å². The van der Waals surface area contributed by atoms with Gasteiger partial charge in [0.1, 0.15) is 6.29 Å². The van der Waals surface area contributed by atoms with Crippen molar-refractivity contribution in [2.45, 2.75) is 27.7 Å². The highest BCUT2D eigenvalue weighted by atomic mass is 16.1. The molecule has 0 aromatic heterocycles. The first-order chi connectivity index (χ1) is 7.56. The molecule has 0 aliphatic rings. The number of aryl methyl sites for hydroxylation is 2. The van der Waals surface area contributed by atoms with Gasteiger partial charge in [-0.3, -0.25) is 4.79 Å². The lowest BCUT2D eigenvalue weighted by molar-refractivity contribution is -0.104. The molecule has 84 valence electrons. The van der Waals surface area contributed by atoms with Crippen LogP contribution < -0.4 is 0 Å². The van der Waals surface area contributed by atoms with E-state index in [2.05, 4.69) is 39.0 Å². The Morgan fingerprint density at radius 2 is 1.75 bits per heavy atom. The van der Waals surface area contributed by atoms with Crippen molar-refractivity contribution in [1.29, 1.82) is 0 Å². The third-order valence-electron chi connectivity index (χ3n) is 2.85. The quantitative estimate of drug-likeness (QED) is 0.425. The van der Waals surface area contributed by atoms with Crippen LogP contribution in [0.5, 0.6) is 0 Å². The lowest BCUT2D eigenvalue weighted by atomic mass is 9.97. The molecule has 1 aromatic carbocycles. The smallest absolute Gasteiger partial charge is 0.143 e. The van der Waals surface area contributed by atoms with E-state index in [1.165, 1.54) is 22.3 Å². The molecule has 0 saturated heterocycles. The number of rotatable bonds is 3. The fourth-order valence-corrected chi connectivity index (χ4v) is 1.61. The number of benzene rings is 1. The first kappa shape index (κ1) is 12.4. The molecule has 1 nitrogen and oxygen atoms in total. The zero-order chi connectivity index (χ0) is 12.1. The first-order valence-electron chi connectivity index (χ1n) is 5.43. The molecule has 0 aliphatic carbocycles. The largest absolute Gasteiger partial charge is 0.299 e. The van der Waals surface area contributed by atoms with Crippen molar-refractivity contribution in [2.75, 3.05) is 0 Å². The number of hydrogen-bond acceptors (Lipinski definition) is 1. The molecule has 16 heavy (non-hydrogen) atoms. The molecule has 1 aromatic rings. The van der Waals surface area contributed by atoms with Crippen molar-refractivity contribution in [3.63, 3.8) is 0 Å². The summed E-state index contributed by atoms with van der Waals surface area (Å²) in [7, 11) is 0. The Bertz CT molecular complexity index is 451. The molecule has 0 N–H and O–H groups in total. The van der Waals surface area contributed by atoms with E-state index in [1.807, 2.05) is 13.0 Å². The number of allylic oxidation sites excluding steroid dienone is 3. The molecule has 0 unspecified atom stereocenters. The molecule has 0 saturated carbocycles. The van der Waals surface area contributed by atoms with Gasteiger partial charge >= 0.3 is 0 Å². The van der Waals surface area contributed by atoms with Gasteiger partial charge in [-0.1, -0.05) is 24.3 Å². The Morgan fingerprint density at radius 1 is 1.12 bits per heavy atom. The van der Waals surface area contributed by atoms with Crippen LogP contribution in [-0.4, -0.2) is 6.29 Å². The normalized spacial score (nSPS) is 12.1. The van der Waals surface area contributed by atoms with Crippen LogP contribution in [0.3, 0.4) is 0 Å². The standard InChI is InChI=1S/C15H18O/c1-11(9-10-16)5-8-15-13(3)7-6-12(2)14(15)4/h5-10H,1-4H3/b8-5+,11-9+. The topological polar surface area (TPSA) is 17.1 Å². The van der Waals surface area contributed by atoms with Crippen molar-refractivity contribution >= 4 is 12.4 Å². The molecule has 0 atom stereocenters. The van der Waals surface area contributed by atoms with Gasteiger partial charge in [0.15, 0.2) is 0 Å². The molecule has 0 radical (unpaired) electrons. The number of carbonyl (C=O) groups excluding carboxylic acids is 1. The SMILES string of the molecule is CC(/C=C/c1c(C)ccc(C)c1C)=C\C=O. The molecular formula is C15H18O. The zero-order valence-electron chi connectivity index (χ0n) is 10.4. The van der Waals surface area contributed by atoms with E-state index in [9.17, 15) is 4.79 Å². The summed E-state index contributed by atoms with van der Waals surface area (Å²) >= 11 is 0. The molecule has 0 heterocycles. The summed E-state index contributed by atoms with van der Waals surface area (Å²) in [5.74, 6) is 0. The fraction of sp³-hybridized carbons (Fsp3) is 0.267. The van der Waals surface area contributed by atoms with Gasteiger partial charge in [0, 0.05) is 0 Å². The van der Waals surface area contributed by atoms with Gasteiger partial charge in [-0.2, -0.15) is 0 Å². The van der Waals surface area contributed by atoms with Gasteiger partial charge in [0.05, 0.1) is 0 Å².